The van der Waals surface area contributed by atoms with Gasteiger partial charge in [0, 0.05) is 23.2 Å². The Kier molecular flexibility index (Phi) is 3.72. The number of nitrogens with one attached hydrogen (secondary N) is 1. The second-order valence-corrected chi connectivity index (χ2v) is 5.46. The van der Waals surface area contributed by atoms with Gasteiger partial charge in [-0.3, -0.25) is 4.79 Å². The summed E-state index contributed by atoms with van der Waals surface area (Å²) in [7, 11) is 1.88. The zero-order valence-corrected chi connectivity index (χ0v) is 11.8. The first-order valence-electron chi connectivity index (χ1n) is 5.83. The van der Waals surface area contributed by atoms with E-state index in [-0.39, 0.29) is 5.91 Å². The molecule has 4 heteroatoms. The lowest BCUT2D eigenvalue weighted by Crippen LogP contribution is -2.33. The summed E-state index contributed by atoms with van der Waals surface area (Å²) in [6, 6.07) is 6.51. The largest absolute Gasteiger partial charge is 0.376 e. The number of hydrogen-bond donors (Lipinski definition) is 1. The number of halogens is 1. The molecule has 3 nitrogen and oxygen atoms in total. The van der Waals surface area contributed by atoms with Crippen LogP contribution in [-0.2, 0) is 4.79 Å². The van der Waals surface area contributed by atoms with Gasteiger partial charge in [-0.2, -0.15) is 0 Å². The normalized spacial score (nSPS) is 14.5. The highest BCUT2D eigenvalue weighted by Crippen LogP contribution is 2.25. The number of nitrogens with zero attached hydrogens (tertiary/aromatic N) is 1. The molecule has 0 saturated heterocycles. The van der Waals surface area contributed by atoms with Crippen molar-refractivity contribution in [2.45, 2.75) is 25.8 Å². The summed E-state index contributed by atoms with van der Waals surface area (Å²) in [5.41, 5.74) is 2.16. The van der Waals surface area contributed by atoms with Gasteiger partial charge in [0.1, 0.15) is 0 Å². The van der Waals surface area contributed by atoms with Gasteiger partial charge in [0.2, 0.25) is 5.91 Å². The zero-order chi connectivity index (χ0) is 12.4. The summed E-state index contributed by atoms with van der Waals surface area (Å²) in [5, 5.41) is 3.20. The molecule has 0 aliphatic heterocycles. The van der Waals surface area contributed by atoms with Crippen LogP contribution in [0.1, 0.15) is 18.4 Å². The number of carbonyl (C=O) groups is 1. The van der Waals surface area contributed by atoms with Crippen LogP contribution in [0.15, 0.2) is 22.7 Å². The van der Waals surface area contributed by atoms with Gasteiger partial charge in [-0.15, -0.1) is 0 Å². The lowest BCUT2D eigenvalue weighted by atomic mass is 10.2. The predicted octanol–water partition coefficient (Wildman–Crippen LogP) is 2.79. The molecule has 1 fully saturated rings. The quantitative estimate of drug-likeness (QED) is 0.927. The summed E-state index contributed by atoms with van der Waals surface area (Å²) in [6.45, 7) is 2.40. The Labute approximate surface area is 110 Å². The Morgan fingerprint density at radius 2 is 2.24 bits per heavy atom. The van der Waals surface area contributed by atoms with E-state index in [0.717, 1.165) is 28.6 Å². The lowest BCUT2D eigenvalue weighted by molar-refractivity contribution is -0.128. The second-order valence-electron chi connectivity index (χ2n) is 4.55. The van der Waals surface area contributed by atoms with E-state index < -0.39 is 0 Å². The SMILES string of the molecule is Cc1ccc(Br)cc1NCC(=O)N(C)C1CC1. The highest BCUT2D eigenvalue weighted by molar-refractivity contribution is 9.10. The zero-order valence-electron chi connectivity index (χ0n) is 10.2. The first-order chi connectivity index (χ1) is 8.08. The molecule has 1 aliphatic carbocycles. The monoisotopic (exact) mass is 296 g/mol. The molecule has 0 unspecified atom stereocenters. The first kappa shape index (κ1) is 12.4. The van der Waals surface area contributed by atoms with Gasteiger partial charge in [0.15, 0.2) is 0 Å². The number of rotatable bonds is 4. The van der Waals surface area contributed by atoms with Crippen LogP contribution in [-0.4, -0.2) is 30.4 Å². The fourth-order valence-electron chi connectivity index (χ4n) is 1.75. The van der Waals surface area contributed by atoms with E-state index in [2.05, 4.69) is 21.2 Å². The van der Waals surface area contributed by atoms with Crippen molar-refractivity contribution in [3.05, 3.63) is 28.2 Å². The summed E-state index contributed by atoms with van der Waals surface area (Å²) in [5.74, 6) is 0.159. The van der Waals surface area contributed by atoms with Crippen molar-refractivity contribution in [2.24, 2.45) is 0 Å². The Morgan fingerprint density at radius 3 is 2.88 bits per heavy atom. The fourth-order valence-corrected chi connectivity index (χ4v) is 2.11. The third-order valence-electron chi connectivity index (χ3n) is 3.12. The van der Waals surface area contributed by atoms with Crippen LogP contribution in [0.3, 0.4) is 0 Å². The van der Waals surface area contributed by atoms with E-state index in [9.17, 15) is 4.79 Å². The van der Waals surface area contributed by atoms with E-state index in [0.29, 0.717) is 12.6 Å². The highest BCUT2D eigenvalue weighted by atomic mass is 79.9. The van der Waals surface area contributed by atoms with Crippen molar-refractivity contribution in [1.29, 1.82) is 0 Å². The maximum absolute atomic E-state index is 11.8. The van der Waals surface area contributed by atoms with E-state index in [1.165, 1.54) is 0 Å². The molecule has 1 aliphatic rings. The molecule has 2 rings (SSSR count). The molecule has 0 heterocycles. The Morgan fingerprint density at radius 1 is 1.53 bits per heavy atom. The third kappa shape index (κ3) is 3.22. The van der Waals surface area contributed by atoms with Crippen molar-refractivity contribution in [3.8, 4) is 0 Å². The van der Waals surface area contributed by atoms with E-state index in [4.69, 9.17) is 0 Å². The van der Waals surface area contributed by atoms with E-state index in [1.807, 2.05) is 37.1 Å². The van der Waals surface area contributed by atoms with Crippen molar-refractivity contribution in [3.63, 3.8) is 0 Å². The Balaban J connectivity index is 1.92. The number of amides is 1. The van der Waals surface area contributed by atoms with Crippen molar-refractivity contribution in [1.82, 2.24) is 4.90 Å². The van der Waals surface area contributed by atoms with E-state index in [1.54, 1.807) is 0 Å². The topological polar surface area (TPSA) is 32.3 Å². The number of benzene rings is 1. The molecule has 92 valence electrons. The molecule has 0 radical (unpaired) electrons. The Hall–Kier alpha value is -1.03. The number of likely N-dealkylation sites (N-methyl/N-ethyl adjacent to an activating group) is 1. The molecule has 1 saturated carbocycles. The minimum absolute atomic E-state index is 0.159. The molecule has 1 aromatic rings. The number of aryl methyl sites for hydroxylation is 1. The predicted molar refractivity (Wildman–Crippen MR) is 73.2 cm³/mol. The van der Waals surface area contributed by atoms with Crippen molar-refractivity contribution < 1.29 is 4.79 Å². The molecule has 1 amide bonds. The maximum atomic E-state index is 11.8. The van der Waals surface area contributed by atoms with Gasteiger partial charge >= 0.3 is 0 Å². The van der Waals surface area contributed by atoms with Crippen LogP contribution in [0.25, 0.3) is 0 Å². The van der Waals surface area contributed by atoms with E-state index >= 15 is 0 Å². The van der Waals surface area contributed by atoms with Crippen molar-refractivity contribution >= 4 is 27.5 Å². The molecular weight excluding hydrogens is 280 g/mol. The average Bonchev–Trinajstić information content (AvgIpc) is 3.13. The molecule has 1 N–H and O–H groups in total. The van der Waals surface area contributed by atoms with Crippen LogP contribution in [0, 0.1) is 6.92 Å². The van der Waals surface area contributed by atoms with Crippen LogP contribution < -0.4 is 5.32 Å². The number of carbonyl (C=O) groups excluding carboxylic acids is 1. The minimum atomic E-state index is 0.159. The molecule has 1 aromatic carbocycles. The molecule has 0 bridgehead atoms. The number of hydrogen-bond acceptors (Lipinski definition) is 2. The summed E-state index contributed by atoms with van der Waals surface area (Å²) in [6.07, 6.45) is 2.30. The molecule has 0 aromatic heterocycles. The summed E-state index contributed by atoms with van der Waals surface area (Å²) in [4.78, 5) is 13.7. The molecular formula is C13H17BrN2O. The fraction of sp³-hybridized carbons (Fsp3) is 0.462. The van der Waals surface area contributed by atoms with Gasteiger partial charge < -0.3 is 10.2 Å². The maximum Gasteiger partial charge on any atom is 0.241 e. The smallest absolute Gasteiger partial charge is 0.241 e. The lowest BCUT2D eigenvalue weighted by Gasteiger charge is -2.17. The number of anilines is 1. The van der Waals surface area contributed by atoms with Gasteiger partial charge in [-0.05, 0) is 37.5 Å². The Bertz CT molecular complexity index is 429. The van der Waals surface area contributed by atoms with Crippen LogP contribution in [0.4, 0.5) is 5.69 Å². The molecule has 0 spiro atoms. The summed E-state index contributed by atoms with van der Waals surface area (Å²) < 4.78 is 1.02. The van der Waals surface area contributed by atoms with Crippen LogP contribution >= 0.6 is 15.9 Å². The minimum Gasteiger partial charge on any atom is -0.376 e. The summed E-state index contributed by atoms with van der Waals surface area (Å²) >= 11 is 3.43. The third-order valence-corrected chi connectivity index (χ3v) is 3.61. The standard InChI is InChI=1S/C13H17BrN2O/c1-9-3-4-10(14)7-12(9)15-8-13(17)16(2)11-5-6-11/h3-4,7,11,15H,5-6,8H2,1-2H3. The highest BCUT2D eigenvalue weighted by Gasteiger charge is 2.29. The van der Waals surface area contributed by atoms with Gasteiger partial charge in [-0.25, -0.2) is 0 Å². The van der Waals surface area contributed by atoms with Gasteiger partial charge in [0.05, 0.1) is 6.54 Å². The average molecular weight is 297 g/mol. The second kappa shape index (κ2) is 5.08. The molecule has 17 heavy (non-hydrogen) atoms. The molecule has 0 atom stereocenters. The van der Waals surface area contributed by atoms with Gasteiger partial charge in [-0.1, -0.05) is 22.0 Å². The van der Waals surface area contributed by atoms with Crippen LogP contribution in [0.2, 0.25) is 0 Å². The first-order valence-corrected chi connectivity index (χ1v) is 6.63. The van der Waals surface area contributed by atoms with Gasteiger partial charge in [0.25, 0.3) is 0 Å². The van der Waals surface area contributed by atoms with Crippen LogP contribution in [0.5, 0.6) is 0 Å². The van der Waals surface area contributed by atoms with Crippen molar-refractivity contribution in [2.75, 3.05) is 18.9 Å².